The molecular formula is C16H29BClN3O4. The Balaban J connectivity index is 0.00000225. The molecule has 0 radical (unpaired) electrons. The van der Waals surface area contributed by atoms with Gasteiger partial charge in [-0.3, -0.25) is 9.59 Å². The average molecular weight is 374 g/mol. The van der Waals surface area contributed by atoms with Crippen LogP contribution in [0.5, 0.6) is 0 Å². The number of nitrogens with one attached hydrogen (secondary N) is 2. The van der Waals surface area contributed by atoms with Crippen LogP contribution in [0.4, 0.5) is 0 Å². The van der Waals surface area contributed by atoms with Crippen LogP contribution in [0, 0.1) is 5.92 Å². The van der Waals surface area contributed by atoms with Crippen molar-refractivity contribution in [1.82, 2.24) is 15.5 Å². The number of likely N-dealkylation sites (tertiary alicyclic amines) is 1. The molecule has 0 aromatic rings. The highest BCUT2D eigenvalue weighted by Gasteiger charge is 2.41. The molecule has 3 rings (SSSR count). The molecule has 0 aromatic carbocycles. The van der Waals surface area contributed by atoms with E-state index in [-0.39, 0.29) is 42.2 Å². The lowest BCUT2D eigenvalue weighted by molar-refractivity contribution is -0.133. The van der Waals surface area contributed by atoms with Crippen molar-refractivity contribution in [2.45, 2.75) is 69.4 Å². The van der Waals surface area contributed by atoms with Gasteiger partial charge in [0.1, 0.15) is 0 Å². The van der Waals surface area contributed by atoms with E-state index in [1.54, 1.807) is 4.90 Å². The Morgan fingerprint density at radius 3 is 2.48 bits per heavy atom. The summed E-state index contributed by atoms with van der Waals surface area (Å²) in [7, 11) is -1.49. The molecule has 2 saturated heterocycles. The van der Waals surface area contributed by atoms with Crippen LogP contribution in [0.3, 0.4) is 0 Å². The summed E-state index contributed by atoms with van der Waals surface area (Å²) in [6.07, 6.45) is 7.40. The molecule has 0 aromatic heterocycles. The van der Waals surface area contributed by atoms with Crippen molar-refractivity contribution >= 4 is 31.3 Å². The maximum absolute atomic E-state index is 12.6. The molecule has 2 aliphatic heterocycles. The van der Waals surface area contributed by atoms with Crippen LogP contribution >= 0.6 is 12.4 Å². The highest BCUT2D eigenvalue weighted by atomic mass is 35.5. The van der Waals surface area contributed by atoms with Crippen molar-refractivity contribution < 1.29 is 19.6 Å². The van der Waals surface area contributed by atoms with Crippen molar-refractivity contribution in [3.63, 3.8) is 0 Å². The zero-order valence-corrected chi connectivity index (χ0v) is 15.3. The van der Waals surface area contributed by atoms with Gasteiger partial charge >= 0.3 is 7.12 Å². The predicted octanol–water partition coefficient (Wildman–Crippen LogP) is -0.162. The molecule has 0 bridgehead atoms. The van der Waals surface area contributed by atoms with Crippen LogP contribution in [0.25, 0.3) is 0 Å². The standard InChI is InChI=1S/C16H28BN3O4.ClH/c21-15(11-5-2-1-3-6-11)19-12-9-13(18-10-12)16(22)20-8-4-7-14(20)17(23)24;/h11-14,18,23-24H,1-10H2,(H,19,21);1H/t12-,13+,14+;/m1./s1. The number of rotatable bonds is 4. The largest absolute Gasteiger partial charge is 0.475 e. The monoisotopic (exact) mass is 373 g/mol. The molecule has 3 aliphatic rings. The minimum atomic E-state index is -1.49. The number of amides is 2. The zero-order valence-electron chi connectivity index (χ0n) is 14.5. The molecule has 3 atom stereocenters. The maximum atomic E-state index is 12.6. The van der Waals surface area contributed by atoms with E-state index in [9.17, 15) is 19.6 Å². The van der Waals surface area contributed by atoms with E-state index < -0.39 is 13.1 Å². The van der Waals surface area contributed by atoms with Gasteiger partial charge in [-0.1, -0.05) is 19.3 Å². The van der Waals surface area contributed by atoms with Gasteiger partial charge in [0.25, 0.3) is 0 Å². The smallest absolute Gasteiger partial charge is 0.426 e. The Morgan fingerprint density at radius 2 is 1.80 bits per heavy atom. The van der Waals surface area contributed by atoms with E-state index in [2.05, 4.69) is 10.6 Å². The summed E-state index contributed by atoms with van der Waals surface area (Å²) in [6.45, 7) is 1.16. The molecule has 7 nitrogen and oxygen atoms in total. The van der Waals surface area contributed by atoms with Gasteiger partial charge in [-0.15, -0.1) is 12.4 Å². The molecule has 0 unspecified atom stereocenters. The van der Waals surface area contributed by atoms with Gasteiger partial charge in [0.05, 0.1) is 12.0 Å². The van der Waals surface area contributed by atoms with Gasteiger partial charge in [-0.2, -0.15) is 0 Å². The predicted molar refractivity (Wildman–Crippen MR) is 97.1 cm³/mol. The Kier molecular flexibility index (Phi) is 7.55. The summed E-state index contributed by atoms with van der Waals surface area (Å²) in [5.74, 6) is -0.337. The van der Waals surface area contributed by atoms with Gasteiger partial charge in [-0.05, 0) is 32.1 Å². The fraction of sp³-hybridized carbons (Fsp3) is 0.875. The van der Waals surface area contributed by atoms with Gasteiger partial charge in [0, 0.05) is 25.0 Å². The Hall–Kier alpha value is -0.825. The van der Waals surface area contributed by atoms with Crippen molar-refractivity contribution in [3.8, 4) is 0 Å². The second-order valence-electron chi connectivity index (χ2n) is 7.39. The Bertz CT molecular complexity index is 476. The summed E-state index contributed by atoms with van der Waals surface area (Å²) >= 11 is 0. The number of nitrogens with zero attached hydrogens (tertiary/aromatic N) is 1. The quantitative estimate of drug-likeness (QED) is 0.513. The minimum absolute atomic E-state index is 0. The average Bonchev–Trinajstić information content (AvgIpc) is 3.24. The van der Waals surface area contributed by atoms with E-state index in [0.29, 0.717) is 25.9 Å². The third kappa shape index (κ3) is 4.87. The first-order valence-electron chi connectivity index (χ1n) is 9.26. The summed E-state index contributed by atoms with van der Waals surface area (Å²) in [6, 6.07) is -0.366. The molecule has 9 heteroatoms. The van der Waals surface area contributed by atoms with Crippen LogP contribution in [-0.2, 0) is 9.59 Å². The zero-order chi connectivity index (χ0) is 17.1. The maximum Gasteiger partial charge on any atom is 0.475 e. The second kappa shape index (κ2) is 9.21. The number of hydrogen-bond acceptors (Lipinski definition) is 5. The molecular weight excluding hydrogens is 344 g/mol. The lowest BCUT2D eigenvalue weighted by Gasteiger charge is -2.27. The van der Waals surface area contributed by atoms with Crippen LogP contribution in [0.15, 0.2) is 0 Å². The normalized spacial score (nSPS) is 30.0. The number of carbonyl (C=O) groups excluding carboxylic acids is 2. The molecule has 0 spiro atoms. The van der Waals surface area contributed by atoms with Gasteiger partial charge in [0.15, 0.2) is 0 Å². The highest BCUT2D eigenvalue weighted by Crippen LogP contribution is 2.25. The third-order valence-corrected chi connectivity index (χ3v) is 5.68. The fourth-order valence-electron chi connectivity index (χ4n) is 4.29. The summed E-state index contributed by atoms with van der Waals surface area (Å²) in [5.41, 5.74) is 0. The van der Waals surface area contributed by atoms with Crippen LogP contribution in [0.2, 0.25) is 0 Å². The van der Waals surface area contributed by atoms with E-state index in [1.165, 1.54) is 6.42 Å². The molecule has 3 fully saturated rings. The first kappa shape index (κ1) is 20.5. The molecule has 4 N–H and O–H groups in total. The number of halogens is 1. The molecule has 1 saturated carbocycles. The molecule has 2 amide bonds. The second-order valence-corrected chi connectivity index (χ2v) is 7.39. The molecule has 1 aliphatic carbocycles. The van der Waals surface area contributed by atoms with E-state index in [1.807, 2.05) is 0 Å². The van der Waals surface area contributed by atoms with Crippen LogP contribution in [-0.4, -0.2) is 65.0 Å². The third-order valence-electron chi connectivity index (χ3n) is 5.68. The SMILES string of the molecule is Cl.O=C(N[C@H]1CN[C@H](C(=O)N2CCC[C@H]2B(O)O)C1)C1CCCCC1. The van der Waals surface area contributed by atoms with Crippen molar-refractivity contribution in [3.05, 3.63) is 0 Å². The first-order chi connectivity index (χ1) is 11.6. The number of hydrogen-bond donors (Lipinski definition) is 4. The summed E-state index contributed by atoms with van der Waals surface area (Å²) < 4.78 is 0. The number of carbonyl (C=O) groups is 2. The minimum Gasteiger partial charge on any atom is -0.426 e. The molecule has 2 heterocycles. The van der Waals surface area contributed by atoms with E-state index >= 15 is 0 Å². The highest BCUT2D eigenvalue weighted by molar-refractivity contribution is 6.43. The Morgan fingerprint density at radius 1 is 1.08 bits per heavy atom. The summed E-state index contributed by atoms with van der Waals surface area (Å²) in [5, 5.41) is 25.1. The summed E-state index contributed by atoms with van der Waals surface area (Å²) in [4.78, 5) is 26.5. The van der Waals surface area contributed by atoms with Crippen LogP contribution in [0.1, 0.15) is 51.4 Å². The topological polar surface area (TPSA) is 102 Å². The van der Waals surface area contributed by atoms with E-state index in [0.717, 1.165) is 32.1 Å². The molecule has 25 heavy (non-hydrogen) atoms. The van der Waals surface area contributed by atoms with Crippen molar-refractivity contribution in [1.29, 1.82) is 0 Å². The van der Waals surface area contributed by atoms with Crippen LogP contribution < -0.4 is 10.6 Å². The lowest BCUT2D eigenvalue weighted by atomic mass is 9.77. The van der Waals surface area contributed by atoms with E-state index in [4.69, 9.17) is 0 Å². The first-order valence-corrected chi connectivity index (χ1v) is 9.26. The van der Waals surface area contributed by atoms with Gasteiger partial charge in [0.2, 0.25) is 11.8 Å². The van der Waals surface area contributed by atoms with Crippen molar-refractivity contribution in [2.75, 3.05) is 13.1 Å². The lowest BCUT2D eigenvalue weighted by Crippen LogP contribution is -2.51. The van der Waals surface area contributed by atoms with Crippen molar-refractivity contribution in [2.24, 2.45) is 5.92 Å². The van der Waals surface area contributed by atoms with Gasteiger partial charge in [-0.25, -0.2) is 0 Å². The van der Waals surface area contributed by atoms with Gasteiger partial charge < -0.3 is 25.6 Å². The Labute approximate surface area is 155 Å². The fourth-order valence-corrected chi connectivity index (χ4v) is 4.29. The molecule has 142 valence electrons.